The zero-order valence-electron chi connectivity index (χ0n) is 10.8. The molecule has 1 aliphatic heterocycles. The fraction of sp³-hybridized carbons (Fsp3) is 0.500. The molecule has 0 radical (unpaired) electrons. The third-order valence-corrected chi connectivity index (χ3v) is 3.89. The van der Waals surface area contributed by atoms with Crippen LogP contribution in [0.1, 0.15) is 30.4 Å². The minimum atomic E-state index is 0.827. The Morgan fingerprint density at radius 3 is 3.17 bits per heavy atom. The molecule has 18 heavy (non-hydrogen) atoms. The Hall–Kier alpha value is -1.28. The first kappa shape index (κ1) is 11.8. The van der Waals surface area contributed by atoms with Crippen LogP contribution in [0.25, 0.3) is 0 Å². The van der Waals surface area contributed by atoms with Crippen molar-refractivity contribution in [3.63, 3.8) is 0 Å². The molecule has 1 aromatic carbocycles. The summed E-state index contributed by atoms with van der Waals surface area (Å²) in [4.78, 5) is 0. The molecule has 2 nitrogen and oxygen atoms in total. The fourth-order valence-corrected chi connectivity index (χ4v) is 2.81. The molecular weight excluding hydrogens is 222 g/mol. The zero-order chi connectivity index (χ0) is 12.2. The van der Waals surface area contributed by atoms with Gasteiger partial charge >= 0.3 is 0 Å². The van der Waals surface area contributed by atoms with Crippen LogP contribution in [0.15, 0.2) is 30.4 Å². The lowest BCUT2D eigenvalue weighted by atomic mass is 9.94. The second-order valence-corrected chi connectivity index (χ2v) is 5.32. The van der Waals surface area contributed by atoms with Crippen molar-refractivity contribution >= 4 is 0 Å². The molecule has 0 amide bonds. The summed E-state index contributed by atoms with van der Waals surface area (Å²) in [6.45, 7) is 2.96. The van der Waals surface area contributed by atoms with Gasteiger partial charge in [-0.3, -0.25) is 0 Å². The highest BCUT2D eigenvalue weighted by atomic mass is 16.5. The van der Waals surface area contributed by atoms with Crippen LogP contribution in [-0.4, -0.2) is 13.2 Å². The third kappa shape index (κ3) is 2.75. The van der Waals surface area contributed by atoms with Gasteiger partial charge in [0.25, 0.3) is 0 Å². The van der Waals surface area contributed by atoms with E-state index in [4.69, 9.17) is 4.74 Å². The molecule has 2 heteroatoms. The van der Waals surface area contributed by atoms with Crippen LogP contribution < -0.4 is 10.1 Å². The number of rotatable bonds is 4. The highest BCUT2D eigenvalue weighted by Gasteiger charge is 2.12. The van der Waals surface area contributed by atoms with Crippen molar-refractivity contribution in [2.24, 2.45) is 5.92 Å². The van der Waals surface area contributed by atoms with Crippen molar-refractivity contribution in [1.82, 2.24) is 5.32 Å². The summed E-state index contributed by atoms with van der Waals surface area (Å²) < 4.78 is 5.53. The normalized spacial score (nSPS) is 21.7. The summed E-state index contributed by atoms with van der Waals surface area (Å²) >= 11 is 0. The molecule has 0 fully saturated rings. The van der Waals surface area contributed by atoms with Gasteiger partial charge in [-0.2, -0.15) is 0 Å². The van der Waals surface area contributed by atoms with Gasteiger partial charge in [-0.15, -0.1) is 0 Å². The van der Waals surface area contributed by atoms with Gasteiger partial charge in [0.05, 0.1) is 6.61 Å². The van der Waals surface area contributed by atoms with Gasteiger partial charge in [-0.1, -0.05) is 24.3 Å². The summed E-state index contributed by atoms with van der Waals surface area (Å²) in [7, 11) is 0. The highest BCUT2D eigenvalue weighted by molar-refractivity contribution is 5.39. The van der Waals surface area contributed by atoms with Crippen LogP contribution in [0.2, 0.25) is 0 Å². The van der Waals surface area contributed by atoms with E-state index in [9.17, 15) is 0 Å². The van der Waals surface area contributed by atoms with Crippen LogP contribution in [0.4, 0.5) is 0 Å². The molecule has 1 aromatic rings. The van der Waals surface area contributed by atoms with Gasteiger partial charge in [0.1, 0.15) is 5.75 Å². The van der Waals surface area contributed by atoms with Gasteiger partial charge in [0.15, 0.2) is 0 Å². The second-order valence-electron chi connectivity index (χ2n) is 5.32. The minimum absolute atomic E-state index is 0.827. The zero-order valence-corrected chi connectivity index (χ0v) is 10.8. The lowest BCUT2D eigenvalue weighted by molar-refractivity contribution is 0.357. The molecule has 0 aromatic heterocycles. The largest absolute Gasteiger partial charge is 0.493 e. The van der Waals surface area contributed by atoms with Crippen LogP contribution in [0, 0.1) is 5.92 Å². The summed E-state index contributed by atoms with van der Waals surface area (Å²) in [6, 6.07) is 6.58. The average molecular weight is 243 g/mol. The van der Waals surface area contributed by atoms with Gasteiger partial charge in [-0.25, -0.2) is 0 Å². The Kier molecular flexibility index (Phi) is 3.65. The van der Waals surface area contributed by atoms with E-state index in [0.717, 1.165) is 37.8 Å². The molecule has 1 unspecified atom stereocenters. The number of benzene rings is 1. The molecule has 96 valence electrons. The van der Waals surface area contributed by atoms with E-state index in [1.807, 2.05) is 0 Å². The first-order valence-corrected chi connectivity index (χ1v) is 7.02. The maximum atomic E-state index is 5.53. The first-order chi connectivity index (χ1) is 8.92. The molecule has 1 aliphatic carbocycles. The van der Waals surface area contributed by atoms with E-state index in [2.05, 4.69) is 35.7 Å². The quantitative estimate of drug-likeness (QED) is 0.821. The van der Waals surface area contributed by atoms with Gasteiger partial charge in [0.2, 0.25) is 0 Å². The Balaban J connectivity index is 1.49. The van der Waals surface area contributed by atoms with Crippen molar-refractivity contribution in [3.8, 4) is 5.75 Å². The van der Waals surface area contributed by atoms with Crippen molar-refractivity contribution in [2.45, 2.75) is 32.2 Å². The maximum absolute atomic E-state index is 5.53. The topological polar surface area (TPSA) is 21.3 Å². The van der Waals surface area contributed by atoms with Crippen LogP contribution in [0.3, 0.4) is 0 Å². The Morgan fingerprint density at radius 2 is 2.28 bits per heavy atom. The number of hydrogen-bond acceptors (Lipinski definition) is 2. The summed E-state index contributed by atoms with van der Waals surface area (Å²) in [5.41, 5.74) is 2.75. The Morgan fingerprint density at radius 1 is 1.28 bits per heavy atom. The van der Waals surface area contributed by atoms with E-state index >= 15 is 0 Å². The standard InChI is InChI=1S/C16H21NO/c1-2-4-13(5-3-1)11-17-12-14-6-7-16-15(10-14)8-9-18-16/h1-2,6-7,10,13,17H,3-5,8-9,11-12H2. The Bertz CT molecular complexity index is 439. The summed E-state index contributed by atoms with van der Waals surface area (Å²) in [5, 5.41) is 3.59. The molecule has 1 heterocycles. The number of fused-ring (bicyclic) bond motifs is 1. The molecule has 0 saturated carbocycles. The third-order valence-electron chi connectivity index (χ3n) is 3.89. The van der Waals surface area contributed by atoms with Crippen molar-refractivity contribution in [3.05, 3.63) is 41.5 Å². The molecule has 2 aliphatic rings. The number of ether oxygens (including phenoxy) is 1. The highest BCUT2D eigenvalue weighted by Crippen LogP contribution is 2.25. The summed E-state index contributed by atoms with van der Waals surface area (Å²) in [6.07, 6.45) is 9.52. The predicted octanol–water partition coefficient (Wildman–Crippen LogP) is 3.07. The second kappa shape index (κ2) is 5.57. The predicted molar refractivity (Wildman–Crippen MR) is 73.8 cm³/mol. The first-order valence-electron chi connectivity index (χ1n) is 7.02. The average Bonchev–Trinajstić information content (AvgIpc) is 2.87. The van der Waals surface area contributed by atoms with Crippen LogP contribution in [-0.2, 0) is 13.0 Å². The molecule has 1 atom stereocenters. The van der Waals surface area contributed by atoms with E-state index in [1.54, 1.807) is 0 Å². The van der Waals surface area contributed by atoms with E-state index in [-0.39, 0.29) is 0 Å². The maximum Gasteiger partial charge on any atom is 0.122 e. The molecule has 0 bridgehead atoms. The van der Waals surface area contributed by atoms with Gasteiger partial charge < -0.3 is 10.1 Å². The van der Waals surface area contributed by atoms with E-state index in [1.165, 1.54) is 30.4 Å². The number of allylic oxidation sites excluding steroid dienone is 2. The van der Waals surface area contributed by atoms with Crippen LogP contribution >= 0.6 is 0 Å². The molecule has 0 spiro atoms. The van der Waals surface area contributed by atoms with Gasteiger partial charge in [-0.05, 0) is 48.9 Å². The van der Waals surface area contributed by atoms with Crippen LogP contribution in [0.5, 0.6) is 5.75 Å². The van der Waals surface area contributed by atoms with Crippen molar-refractivity contribution < 1.29 is 4.74 Å². The Labute approximate surface area is 109 Å². The monoisotopic (exact) mass is 243 g/mol. The molecule has 3 rings (SSSR count). The van der Waals surface area contributed by atoms with E-state index in [0.29, 0.717) is 0 Å². The fourth-order valence-electron chi connectivity index (χ4n) is 2.81. The SMILES string of the molecule is C1=CCC(CNCc2ccc3c(c2)CCO3)CC1. The lowest BCUT2D eigenvalue weighted by Gasteiger charge is -2.18. The molecule has 1 N–H and O–H groups in total. The smallest absolute Gasteiger partial charge is 0.122 e. The lowest BCUT2D eigenvalue weighted by Crippen LogP contribution is -2.23. The minimum Gasteiger partial charge on any atom is -0.493 e. The van der Waals surface area contributed by atoms with Gasteiger partial charge in [0, 0.05) is 13.0 Å². The van der Waals surface area contributed by atoms with E-state index < -0.39 is 0 Å². The summed E-state index contributed by atoms with van der Waals surface area (Å²) in [5.74, 6) is 1.91. The molecular formula is C16H21NO. The van der Waals surface area contributed by atoms with Crippen molar-refractivity contribution in [2.75, 3.05) is 13.2 Å². The molecule has 0 saturated heterocycles. The number of hydrogen-bond donors (Lipinski definition) is 1. The van der Waals surface area contributed by atoms with Crippen molar-refractivity contribution in [1.29, 1.82) is 0 Å². The number of nitrogens with one attached hydrogen (secondary N) is 1.